The number of hydrogen-bond acceptors (Lipinski definition) is 8. The van der Waals surface area contributed by atoms with Crippen molar-refractivity contribution in [3.63, 3.8) is 0 Å². The molecule has 2 aromatic heterocycles. The molecule has 8 heteroatoms. The fraction of sp³-hybridized carbons (Fsp3) is 0.211. The van der Waals surface area contributed by atoms with Gasteiger partial charge < -0.3 is 18.9 Å². The second-order valence-corrected chi connectivity index (χ2v) is 11.1. The summed E-state index contributed by atoms with van der Waals surface area (Å²) in [5.74, 6) is 3.20. The molecule has 0 radical (unpaired) electrons. The number of para-hydroxylation sites is 1. The van der Waals surface area contributed by atoms with Crippen LogP contribution in [0.5, 0.6) is 5.75 Å². The molecule has 1 N–H and O–H groups in total. The molecule has 46 heavy (non-hydrogen) atoms. The molecule has 6 aromatic rings. The summed E-state index contributed by atoms with van der Waals surface area (Å²) < 4.78 is 18.0. The van der Waals surface area contributed by atoms with E-state index in [4.69, 9.17) is 13.6 Å². The molecule has 0 spiro atoms. The smallest absolute Gasteiger partial charge is 0.238 e. The van der Waals surface area contributed by atoms with Crippen molar-refractivity contribution < 1.29 is 18.4 Å². The molecule has 1 unspecified atom stereocenters. The van der Waals surface area contributed by atoms with Gasteiger partial charge in [-0.2, -0.15) is 0 Å². The number of aromatic nitrogens is 3. The van der Waals surface area contributed by atoms with Gasteiger partial charge >= 0.3 is 0 Å². The number of anilines is 1. The monoisotopic (exact) mass is 612 g/mol. The van der Waals surface area contributed by atoms with Crippen LogP contribution in [0.4, 0.5) is 5.69 Å². The van der Waals surface area contributed by atoms with Crippen molar-refractivity contribution in [2.75, 3.05) is 11.9 Å². The minimum atomic E-state index is -0.358. The molecule has 0 fully saturated rings. The van der Waals surface area contributed by atoms with Crippen LogP contribution in [-0.2, 0) is 19.3 Å². The highest BCUT2D eigenvalue weighted by molar-refractivity contribution is 6.12. The van der Waals surface area contributed by atoms with E-state index in [-0.39, 0.29) is 11.8 Å². The molecule has 0 aliphatic heterocycles. The largest absolute Gasteiger partial charge is 0.493 e. The van der Waals surface area contributed by atoms with Gasteiger partial charge in [0.2, 0.25) is 17.7 Å². The van der Waals surface area contributed by atoms with Gasteiger partial charge in [-0.1, -0.05) is 79.7 Å². The van der Waals surface area contributed by atoms with E-state index in [1.165, 1.54) is 0 Å². The number of aryl methyl sites for hydroxylation is 2. The maximum absolute atomic E-state index is 13.4. The Hall–Kier alpha value is -5.50. The average molecular weight is 613 g/mol. The van der Waals surface area contributed by atoms with Gasteiger partial charge in [-0.15, -0.1) is 10.2 Å². The van der Waals surface area contributed by atoms with E-state index in [9.17, 15) is 4.79 Å². The standard InChI is InChI=1S/C38H36N4O4/c1-3-12-35-41-42-38(46-35)34(39-33-18-11-10-17-31(33)36(43)28-13-6-4-7-14-28)25-27-19-21-30(22-20-27)44-24-23-32-26(2)45-37(40-32)29-15-8-5-9-16-29/h4-11,13-22,34,39H,3,12,23-25H2,1-2H3. The van der Waals surface area contributed by atoms with Crippen molar-refractivity contribution in [1.82, 2.24) is 15.2 Å². The third-order valence-electron chi connectivity index (χ3n) is 7.67. The average Bonchev–Trinajstić information content (AvgIpc) is 3.72. The molecule has 8 nitrogen and oxygen atoms in total. The number of rotatable bonds is 14. The predicted molar refractivity (Wildman–Crippen MR) is 177 cm³/mol. The van der Waals surface area contributed by atoms with E-state index < -0.39 is 0 Å². The number of oxazole rings is 1. The van der Waals surface area contributed by atoms with Gasteiger partial charge in [0.25, 0.3) is 0 Å². The number of nitrogens with zero attached hydrogens (tertiary/aromatic N) is 3. The summed E-state index contributed by atoms with van der Waals surface area (Å²) >= 11 is 0. The Bertz CT molecular complexity index is 1860. The van der Waals surface area contributed by atoms with Gasteiger partial charge in [0.1, 0.15) is 17.6 Å². The van der Waals surface area contributed by atoms with Crippen molar-refractivity contribution in [2.45, 2.75) is 45.6 Å². The third-order valence-corrected chi connectivity index (χ3v) is 7.67. The first-order valence-electron chi connectivity index (χ1n) is 15.6. The minimum Gasteiger partial charge on any atom is -0.493 e. The van der Waals surface area contributed by atoms with Gasteiger partial charge in [-0.25, -0.2) is 4.98 Å². The number of carbonyl (C=O) groups is 1. The van der Waals surface area contributed by atoms with Crippen LogP contribution in [0.3, 0.4) is 0 Å². The van der Waals surface area contributed by atoms with Crippen molar-refractivity contribution in [3.05, 3.63) is 149 Å². The number of ketones is 1. The van der Waals surface area contributed by atoms with Gasteiger partial charge in [-0.05, 0) is 55.3 Å². The first kappa shape index (κ1) is 30.5. The van der Waals surface area contributed by atoms with Crippen LogP contribution >= 0.6 is 0 Å². The molecule has 4 aromatic carbocycles. The summed E-state index contributed by atoms with van der Waals surface area (Å²) in [6, 6.07) is 34.3. The quantitative estimate of drug-likeness (QED) is 0.123. The summed E-state index contributed by atoms with van der Waals surface area (Å²) in [5.41, 5.74) is 4.80. The Morgan fingerprint density at radius 1 is 0.826 bits per heavy atom. The predicted octanol–water partition coefficient (Wildman–Crippen LogP) is 8.23. The van der Waals surface area contributed by atoms with E-state index in [2.05, 4.69) is 27.4 Å². The number of nitrogens with one attached hydrogen (secondary N) is 1. The Labute approximate surface area is 268 Å². The van der Waals surface area contributed by atoms with Gasteiger partial charge in [0, 0.05) is 41.6 Å². The molecule has 6 rings (SSSR count). The van der Waals surface area contributed by atoms with Crippen molar-refractivity contribution in [2.24, 2.45) is 0 Å². The zero-order valence-corrected chi connectivity index (χ0v) is 26.0. The maximum atomic E-state index is 13.4. The Morgan fingerprint density at radius 3 is 2.30 bits per heavy atom. The topological polar surface area (TPSA) is 103 Å². The molecule has 0 amide bonds. The summed E-state index contributed by atoms with van der Waals surface area (Å²) in [6.07, 6.45) is 2.80. The number of hydrogen-bond donors (Lipinski definition) is 1. The molecule has 0 aliphatic carbocycles. The zero-order chi connectivity index (χ0) is 31.7. The van der Waals surface area contributed by atoms with Crippen molar-refractivity contribution in [3.8, 4) is 17.2 Å². The van der Waals surface area contributed by atoms with Gasteiger partial charge in [-0.3, -0.25) is 4.79 Å². The van der Waals surface area contributed by atoms with E-state index in [1.807, 2.05) is 116 Å². The van der Waals surface area contributed by atoms with Crippen LogP contribution in [0.2, 0.25) is 0 Å². The fourth-order valence-corrected chi connectivity index (χ4v) is 5.25. The lowest BCUT2D eigenvalue weighted by Gasteiger charge is -2.19. The maximum Gasteiger partial charge on any atom is 0.238 e. The summed E-state index contributed by atoms with van der Waals surface area (Å²) in [6.45, 7) is 4.47. The summed E-state index contributed by atoms with van der Waals surface area (Å²) in [7, 11) is 0. The molecular formula is C38H36N4O4. The number of benzene rings is 4. The summed E-state index contributed by atoms with van der Waals surface area (Å²) in [5, 5.41) is 12.2. The van der Waals surface area contributed by atoms with E-state index in [0.29, 0.717) is 60.4 Å². The molecular weight excluding hydrogens is 576 g/mol. The third kappa shape index (κ3) is 7.41. The van der Waals surface area contributed by atoms with Crippen LogP contribution < -0.4 is 10.1 Å². The molecule has 232 valence electrons. The Kier molecular flexibility index (Phi) is 9.63. The molecule has 1 atom stereocenters. The lowest BCUT2D eigenvalue weighted by molar-refractivity contribution is 0.103. The first-order chi connectivity index (χ1) is 22.6. The minimum absolute atomic E-state index is 0.0572. The molecule has 0 saturated heterocycles. The first-order valence-corrected chi connectivity index (χ1v) is 15.6. The van der Waals surface area contributed by atoms with Crippen LogP contribution in [0.25, 0.3) is 11.5 Å². The van der Waals surface area contributed by atoms with Gasteiger partial charge in [0.05, 0.1) is 12.3 Å². The van der Waals surface area contributed by atoms with Crippen molar-refractivity contribution in [1.29, 1.82) is 0 Å². The van der Waals surface area contributed by atoms with E-state index >= 15 is 0 Å². The number of carbonyl (C=O) groups excluding carboxylic acids is 1. The van der Waals surface area contributed by atoms with Gasteiger partial charge in [0.15, 0.2) is 5.78 Å². The fourth-order valence-electron chi connectivity index (χ4n) is 5.25. The van der Waals surface area contributed by atoms with Crippen molar-refractivity contribution >= 4 is 11.5 Å². The Morgan fingerprint density at radius 2 is 1.54 bits per heavy atom. The molecule has 0 saturated carbocycles. The summed E-state index contributed by atoms with van der Waals surface area (Å²) in [4.78, 5) is 18.1. The normalized spacial score (nSPS) is 11.7. The lowest BCUT2D eigenvalue weighted by Crippen LogP contribution is -2.17. The van der Waals surface area contributed by atoms with Crippen LogP contribution in [0.1, 0.15) is 64.1 Å². The lowest BCUT2D eigenvalue weighted by atomic mass is 10.00. The molecule has 2 heterocycles. The zero-order valence-electron chi connectivity index (χ0n) is 26.0. The van der Waals surface area contributed by atoms with E-state index in [1.54, 1.807) is 0 Å². The molecule has 0 bridgehead atoms. The highest BCUT2D eigenvalue weighted by Gasteiger charge is 2.22. The van der Waals surface area contributed by atoms with E-state index in [0.717, 1.165) is 34.8 Å². The van der Waals surface area contributed by atoms with Crippen LogP contribution in [0.15, 0.2) is 118 Å². The number of ether oxygens (including phenoxy) is 1. The Balaban J connectivity index is 1.14. The second-order valence-electron chi connectivity index (χ2n) is 11.1. The van der Waals surface area contributed by atoms with Crippen LogP contribution in [0, 0.1) is 6.92 Å². The van der Waals surface area contributed by atoms with Crippen LogP contribution in [-0.4, -0.2) is 27.6 Å². The molecule has 0 aliphatic rings. The highest BCUT2D eigenvalue weighted by atomic mass is 16.5. The second kappa shape index (κ2) is 14.5. The SMILES string of the molecule is CCCc1nnc(C(Cc2ccc(OCCc3nc(-c4ccccc4)oc3C)cc2)Nc2ccccc2C(=O)c2ccccc2)o1. The highest BCUT2D eigenvalue weighted by Crippen LogP contribution is 2.28.